The van der Waals surface area contributed by atoms with E-state index in [4.69, 9.17) is 0 Å². The summed E-state index contributed by atoms with van der Waals surface area (Å²) in [6.45, 7) is 0. The van der Waals surface area contributed by atoms with Crippen LogP contribution in [0.25, 0.3) is 0 Å². The molecular formula is C30H23S3+. The summed E-state index contributed by atoms with van der Waals surface area (Å²) in [4.78, 5) is 9.05. The highest BCUT2D eigenvalue weighted by Crippen LogP contribution is 2.35. The highest BCUT2D eigenvalue weighted by Gasteiger charge is 2.28. The molecule has 0 nitrogen and oxygen atoms in total. The molecule has 0 fully saturated rings. The first kappa shape index (κ1) is 22.0. The van der Waals surface area contributed by atoms with E-state index in [1.54, 1.807) is 23.5 Å². The molecule has 0 unspecified atom stereocenters. The lowest BCUT2D eigenvalue weighted by Crippen LogP contribution is -2.04. The molecule has 0 spiro atoms. The summed E-state index contributed by atoms with van der Waals surface area (Å²) < 4.78 is 0. The van der Waals surface area contributed by atoms with Gasteiger partial charge in [0, 0.05) is 19.6 Å². The predicted molar refractivity (Wildman–Crippen MR) is 143 cm³/mol. The number of hydrogen-bond acceptors (Lipinski definition) is 2. The molecule has 0 bridgehead atoms. The van der Waals surface area contributed by atoms with Crippen molar-refractivity contribution in [1.82, 2.24) is 0 Å². The van der Waals surface area contributed by atoms with Crippen LogP contribution in [0.5, 0.6) is 0 Å². The third-order valence-corrected chi connectivity index (χ3v) is 9.32. The molecule has 0 aliphatic heterocycles. The molecule has 5 aromatic carbocycles. The van der Waals surface area contributed by atoms with Gasteiger partial charge in [0.05, 0.1) is 10.9 Å². The van der Waals surface area contributed by atoms with Gasteiger partial charge in [0.15, 0.2) is 14.7 Å². The van der Waals surface area contributed by atoms with Crippen LogP contribution in [0.3, 0.4) is 0 Å². The second-order valence-electron chi connectivity index (χ2n) is 7.39. The number of benzene rings is 5. The lowest BCUT2D eigenvalue weighted by molar-refractivity contribution is 1.27. The quantitative estimate of drug-likeness (QED) is 0.213. The van der Waals surface area contributed by atoms with Gasteiger partial charge in [-0.2, -0.15) is 0 Å². The van der Waals surface area contributed by atoms with Gasteiger partial charge in [-0.3, -0.25) is 0 Å². The van der Waals surface area contributed by atoms with Crippen LogP contribution >= 0.6 is 23.5 Å². The summed E-state index contributed by atoms with van der Waals surface area (Å²) in [6.07, 6.45) is 0. The maximum Gasteiger partial charge on any atom is 0.166 e. The van der Waals surface area contributed by atoms with Crippen molar-refractivity contribution in [3.63, 3.8) is 0 Å². The Balaban J connectivity index is 1.42. The Morgan fingerprint density at radius 1 is 0.303 bits per heavy atom. The molecule has 0 saturated heterocycles. The van der Waals surface area contributed by atoms with E-state index in [0.717, 1.165) is 0 Å². The zero-order valence-corrected chi connectivity index (χ0v) is 20.5. The second-order valence-corrected chi connectivity index (χ2v) is 11.7. The van der Waals surface area contributed by atoms with Crippen LogP contribution in [0, 0.1) is 0 Å². The Kier molecular flexibility index (Phi) is 7.22. The van der Waals surface area contributed by atoms with E-state index < -0.39 is 0 Å². The van der Waals surface area contributed by atoms with Gasteiger partial charge in [-0.15, -0.1) is 0 Å². The summed E-state index contributed by atoms with van der Waals surface area (Å²) in [7, 11) is -0.143. The van der Waals surface area contributed by atoms with E-state index in [-0.39, 0.29) is 10.9 Å². The Labute approximate surface area is 207 Å². The highest BCUT2D eigenvalue weighted by molar-refractivity contribution is 7.99. The van der Waals surface area contributed by atoms with E-state index in [1.165, 1.54) is 34.3 Å². The SMILES string of the molecule is c1ccc(Sc2ccc([S+](c3ccccc3)c3ccc(Sc4ccccc4)cc3)cc2)cc1. The van der Waals surface area contributed by atoms with Crippen molar-refractivity contribution >= 4 is 34.4 Å². The van der Waals surface area contributed by atoms with E-state index in [0.29, 0.717) is 0 Å². The average Bonchev–Trinajstić information content (AvgIpc) is 2.88. The molecule has 5 aromatic rings. The Hall–Kier alpha value is -2.85. The summed E-state index contributed by atoms with van der Waals surface area (Å²) >= 11 is 3.61. The third kappa shape index (κ3) is 5.75. The van der Waals surface area contributed by atoms with Crippen LogP contribution in [0.4, 0.5) is 0 Å². The van der Waals surface area contributed by atoms with E-state index in [2.05, 4.69) is 140 Å². The molecule has 0 aliphatic carbocycles. The summed E-state index contributed by atoms with van der Waals surface area (Å²) in [5.74, 6) is 0. The standard InChI is InChI=1S/C30H23S3/c1-4-10-24(11-5-1)31-26-16-20-29(21-17-26)33(28-14-8-3-9-15-28)30-22-18-27(19-23-30)32-25-12-6-2-7-13-25/h1-23H/q+1. The molecule has 0 aliphatic rings. The normalized spacial score (nSPS) is 10.9. The van der Waals surface area contributed by atoms with Crippen LogP contribution in [0.2, 0.25) is 0 Å². The minimum Gasteiger partial charge on any atom is -0.0901 e. The van der Waals surface area contributed by atoms with Crippen molar-refractivity contribution < 1.29 is 0 Å². The van der Waals surface area contributed by atoms with Gasteiger partial charge in [0.25, 0.3) is 0 Å². The topological polar surface area (TPSA) is 0 Å². The summed E-state index contributed by atoms with van der Waals surface area (Å²) in [5.41, 5.74) is 0. The zero-order valence-electron chi connectivity index (χ0n) is 18.0. The van der Waals surface area contributed by atoms with Crippen LogP contribution in [0.1, 0.15) is 0 Å². The van der Waals surface area contributed by atoms with Gasteiger partial charge < -0.3 is 0 Å². The fourth-order valence-corrected chi connectivity index (χ4v) is 7.24. The van der Waals surface area contributed by atoms with Gasteiger partial charge in [-0.1, -0.05) is 78.1 Å². The first-order valence-corrected chi connectivity index (χ1v) is 13.7. The van der Waals surface area contributed by atoms with Gasteiger partial charge in [0.1, 0.15) is 0 Å². The summed E-state index contributed by atoms with van der Waals surface area (Å²) in [6, 6.07) is 50.0. The van der Waals surface area contributed by atoms with Crippen molar-refractivity contribution in [3.8, 4) is 0 Å². The van der Waals surface area contributed by atoms with Gasteiger partial charge in [0.2, 0.25) is 0 Å². The molecule has 5 rings (SSSR count). The van der Waals surface area contributed by atoms with Crippen LogP contribution in [-0.4, -0.2) is 0 Å². The Bertz CT molecular complexity index is 1180. The van der Waals surface area contributed by atoms with E-state index >= 15 is 0 Å². The molecule has 0 heterocycles. The predicted octanol–water partition coefficient (Wildman–Crippen LogP) is 9.08. The van der Waals surface area contributed by atoms with Crippen molar-refractivity contribution in [3.05, 3.63) is 140 Å². The molecular weight excluding hydrogens is 457 g/mol. The molecule has 33 heavy (non-hydrogen) atoms. The molecule has 0 saturated carbocycles. The molecule has 160 valence electrons. The first-order chi connectivity index (χ1) is 16.3. The minimum atomic E-state index is -0.143. The third-order valence-electron chi connectivity index (χ3n) is 5.06. The lowest BCUT2D eigenvalue weighted by atomic mass is 10.3. The van der Waals surface area contributed by atoms with E-state index in [9.17, 15) is 0 Å². The van der Waals surface area contributed by atoms with Crippen LogP contribution in [-0.2, 0) is 10.9 Å². The smallest absolute Gasteiger partial charge is 0.0901 e. The van der Waals surface area contributed by atoms with E-state index in [1.807, 2.05) is 0 Å². The highest BCUT2D eigenvalue weighted by atomic mass is 32.2. The maximum atomic E-state index is 2.29. The van der Waals surface area contributed by atoms with Crippen molar-refractivity contribution in [2.24, 2.45) is 0 Å². The average molecular weight is 480 g/mol. The number of rotatable bonds is 7. The lowest BCUT2D eigenvalue weighted by Gasteiger charge is -2.10. The maximum absolute atomic E-state index is 2.29. The molecule has 0 aromatic heterocycles. The van der Waals surface area contributed by atoms with Gasteiger partial charge >= 0.3 is 0 Å². The minimum absolute atomic E-state index is 0.143. The molecule has 0 radical (unpaired) electrons. The van der Waals surface area contributed by atoms with Crippen LogP contribution in [0.15, 0.2) is 174 Å². The van der Waals surface area contributed by atoms with Crippen LogP contribution < -0.4 is 0 Å². The second kappa shape index (κ2) is 10.8. The monoisotopic (exact) mass is 479 g/mol. The van der Waals surface area contributed by atoms with Crippen molar-refractivity contribution in [1.29, 1.82) is 0 Å². The van der Waals surface area contributed by atoms with Crippen molar-refractivity contribution in [2.75, 3.05) is 0 Å². The fourth-order valence-electron chi connectivity index (χ4n) is 3.50. The zero-order chi connectivity index (χ0) is 22.3. The number of hydrogen-bond donors (Lipinski definition) is 0. The van der Waals surface area contributed by atoms with Crippen molar-refractivity contribution in [2.45, 2.75) is 34.3 Å². The fraction of sp³-hybridized carbons (Fsp3) is 0. The van der Waals surface area contributed by atoms with Gasteiger partial charge in [-0.05, 0) is 84.9 Å². The Morgan fingerprint density at radius 3 is 1.00 bits per heavy atom. The first-order valence-electron chi connectivity index (χ1n) is 10.8. The van der Waals surface area contributed by atoms with Gasteiger partial charge in [-0.25, -0.2) is 0 Å². The molecule has 0 atom stereocenters. The summed E-state index contributed by atoms with van der Waals surface area (Å²) in [5, 5.41) is 0. The molecule has 0 N–H and O–H groups in total. The molecule has 3 heteroatoms. The molecule has 0 amide bonds. The Morgan fingerprint density at radius 2 is 0.606 bits per heavy atom. The largest absolute Gasteiger partial charge is 0.166 e.